The zero-order valence-electron chi connectivity index (χ0n) is 25.6. The van der Waals surface area contributed by atoms with Crippen LogP contribution in [0.3, 0.4) is 0 Å². The average Bonchev–Trinajstić information content (AvgIpc) is 3.30. The Kier molecular flexibility index (Phi) is 8.06. The van der Waals surface area contributed by atoms with Gasteiger partial charge in [-0.15, -0.1) is 0 Å². The van der Waals surface area contributed by atoms with Crippen molar-refractivity contribution in [2.45, 2.75) is 48.7 Å². The molecule has 47 heavy (non-hydrogen) atoms. The first-order valence-electron chi connectivity index (χ1n) is 15.8. The van der Waals surface area contributed by atoms with Crippen LogP contribution in [-0.2, 0) is 19.6 Å². The van der Waals surface area contributed by atoms with Crippen molar-refractivity contribution in [3.63, 3.8) is 0 Å². The topological polar surface area (TPSA) is 174 Å². The third kappa shape index (κ3) is 5.58. The Labute approximate surface area is 271 Å². The number of piperidine rings is 2. The van der Waals surface area contributed by atoms with Gasteiger partial charge in [-0.1, -0.05) is 6.07 Å². The Morgan fingerprint density at radius 2 is 1.47 bits per heavy atom. The third-order valence-electron chi connectivity index (χ3n) is 10.1. The second kappa shape index (κ2) is 12.1. The van der Waals surface area contributed by atoms with Crippen LogP contribution in [0.2, 0.25) is 0 Å². The molecule has 5 aliphatic rings. The summed E-state index contributed by atoms with van der Waals surface area (Å²) in [5, 5.41) is 13.2. The number of benzene rings is 2. The maximum absolute atomic E-state index is 13.5. The van der Waals surface area contributed by atoms with Crippen molar-refractivity contribution in [1.29, 1.82) is 0 Å². The standard InChI is InChI=1S/C31H35N7O8S/c39-27-9-8-26(29(40)32-27)37-30(41)24-2-1-3-25(28(24)31(37)42)34-12-10-20(11-13-34)35-18-22(19-35)33-14-16-36(17-15-33)47(45,46)23-6-4-21(5-7-23)38(43)44/h1-7,20,22,26H,8-19H2,(H,32,39,40). The monoisotopic (exact) mass is 665 g/mol. The lowest BCUT2D eigenvalue weighted by Gasteiger charge is -2.52. The molecule has 0 spiro atoms. The fourth-order valence-electron chi connectivity index (χ4n) is 7.45. The summed E-state index contributed by atoms with van der Waals surface area (Å²) < 4.78 is 27.6. The van der Waals surface area contributed by atoms with Crippen molar-refractivity contribution < 1.29 is 32.5 Å². The summed E-state index contributed by atoms with van der Waals surface area (Å²) in [7, 11) is -3.73. The van der Waals surface area contributed by atoms with Gasteiger partial charge in [0.15, 0.2) is 0 Å². The molecule has 4 amide bonds. The van der Waals surface area contributed by atoms with Gasteiger partial charge in [0.25, 0.3) is 17.5 Å². The number of sulfonamides is 1. The van der Waals surface area contributed by atoms with Crippen LogP contribution >= 0.6 is 0 Å². The van der Waals surface area contributed by atoms with Gasteiger partial charge in [0.05, 0.1) is 26.6 Å². The zero-order chi connectivity index (χ0) is 33.0. The fourth-order valence-corrected chi connectivity index (χ4v) is 8.87. The van der Waals surface area contributed by atoms with Crippen molar-refractivity contribution in [3.8, 4) is 0 Å². The van der Waals surface area contributed by atoms with E-state index in [2.05, 4.69) is 20.0 Å². The molecule has 5 heterocycles. The van der Waals surface area contributed by atoms with Crippen LogP contribution in [0, 0.1) is 10.1 Å². The smallest absolute Gasteiger partial charge is 0.269 e. The van der Waals surface area contributed by atoms with Gasteiger partial charge >= 0.3 is 0 Å². The number of imide groups is 2. The molecule has 0 aromatic heterocycles. The van der Waals surface area contributed by atoms with E-state index in [1.165, 1.54) is 28.6 Å². The van der Waals surface area contributed by atoms with E-state index in [1.54, 1.807) is 12.1 Å². The minimum Gasteiger partial charge on any atom is -0.371 e. The number of nitro benzene ring substituents is 1. The molecule has 7 rings (SSSR count). The Balaban J connectivity index is 0.911. The molecule has 16 heteroatoms. The predicted octanol–water partition coefficient (Wildman–Crippen LogP) is 0.656. The van der Waals surface area contributed by atoms with Crippen LogP contribution in [0.25, 0.3) is 0 Å². The summed E-state index contributed by atoms with van der Waals surface area (Å²) in [5.41, 5.74) is 1.14. The van der Waals surface area contributed by atoms with Gasteiger partial charge in [0.2, 0.25) is 21.8 Å². The van der Waals surface area contributed by atoms with Gasteiger partial charge in [-0.05, 0) is 43.5 Å². The second-order valence-electron chi connectivity index (χ2n) is 12.7. The molecule has 2 aromatic carbocycles. The largest absolute Gasteiger partial charge is 0.371 e. The van der Waals surface area contributed by atoms with Gasteiger partial charge in [0.1, 0.15) is 6.04 Å². The summed E-state index contributed by atoms with van der Waals surface area (Å²) in [6.07, 6.45) is 1.96. The molecular formula is C31H35N7O8S. The Morgan fingerprint density at radius 1 is 0.787 bits per heavy atom. The SMILES string of the molecule is O=C1CCC(N2C(=O)c3cccc(N4CCC(N5CC(N6CCN(S(=O)(=O)c7ccc([N+](=O)[O-])cc7)CC6)C5)CC4)c3C2=O)C(=O)N1. The highest BCUT2D eigenvalue weighted by Gasteiger charge is 2.46. The first-order chi connectivity index (χ1) is 22.5. The fraction of sp³-hybridized carbons (Fsp3) is 0.484. The van der Waals surface area contributed by atoms with Gasteiger partial charge < -0.3 is 4.90 Å². The molecule has 15 nitrogen and oxygen atoms in total. The van der Waals surface area contributed by atoms with Gasteiger partial charge in [-0.2, -0.15) is 4.31 Å². The number of nitro groups is 1. The molecule has 1 N–H and O–H groups in total. The zero-order valence-corrected chi connectivity index (χ0v) is 26.4. The number of nitrogens with zero attached hydrogens (tertiary/aromatic N) is 6. The number of anilines is 1. The Hall–Kier alpha value is -4.25. The third-order valence-corrected chi connectivity index (χ3v) is 12.0. The first kappa shape index (κ1) is 31.4. The molecular weight excluding hydrogens is 630 g/mol. The molecule has 1 atom stereocenters. The summed E-state index contributed by atoms with van der Waals surface area (Å²) >= 11 is 0. The molecule has 2 aromatic rings. The number of amides is 4. The number of likely N-dealkylation sites (tertiary alicyclic amines) is 1. The predicted molar refractivity (Wildman–Crippen MR) is 167 cm³/mol. The number of nitrogens with one attached hydrogen (secondary N) is 1. The maximum Gasteiger partial charge on any atom is 0.269 e. The van der Waals surface area contributed by atoms with E-state index >= 15 is 0 Å². The van der Waals surface area contributed by atoms with Crippen molar-refractivity contribution in [1.82, 2.24) is 24.3 Å². The van der Waals surface area contributed by atoms with Crippen LogP contribution in [0.5, 0.6) is 0 Å². The normalized spacial score (nSPS) is 24.0. The van der Waals surface area contributed by atoms with E-state index in [4.69, 9.17) is 0 Å². The summed E-state index contributed by atoms with van der Waals surface area (Å²) in [4.78, 5) is 69.2. The number of fused-ring (bicyclic) bond motifs is 1. The first-order valence-corrected chi connectivity index (χ1v) is 17.3. The van der Waals surface area contributed by atoms with E-state index in [-0.39, 0.29) is 29.0 Å². The molecule has 4 saturated heterocycles. The highest BCUT2D eigenvalue weighted by atomic mass is 32.2. The average molecular weight is 666 g/mol. The summed E-state index contributed by atoms with van der Waals surface area (Å²) in [6, 6.07) is 9.93. The Morgan fingerprint density at radius 3 is 2.11 bits per heavy atom. The minimum atomic E-state index is -3.73. The lowest BCUT2D eigenvalue weighted by atomic mass is 9.95. The maximum atomic E-state index is 13.5. The quantitative estimate of drug-likeness (QED) is 0.250. The molecule has 5 aliphatic heterocycles. The highest BCUT2D eigenvalue weighted by Crippen LogP contribution is 2.36. The van der Waals surface area contributed by atoms with Crippen LogP contribution in [-0.4, -0.2) is 126 Å². The molecule has 0 bridgehead atoms. The number of hydrogen-bond acceptors (Lipinski definition) is 11. The number of non-ortho nitro benzene ring substituents is 1. The van der Waals surface area contributed by atoms with Crippen LogP contribution < -0.4 is 10.2 Å². The number of hydrogen-bond donors (Lipinski definition) is 1. The molecule has 4 fully saturated rings. The minimum absolute atomic E-state index is 0.0563. The van der Waals surface area contributed by atoms with Crippen molar-refractivity contribution in [3.05, 3.63) is 63.7 Å². The molecule has 0 aliphatic carbocycles. The summed E-state index contributed by atoms with van der Waals surface area (Å²) in [6.45, 7) is 5.16. The van der Waals surface area contributed by atoms with Crippen molar-refractivity contribution in [2.75, 3.05) is 57.3 Å². The lowest BCUT2D eigenvalue weighted by molar-refractivity contribution is -0.384. The lowest BCUT2D eigenvalue weighted by Crippen LogP contribution is -2.66. The van der Waals surface area contributed by atoms with Gasteiger partial charge in [-0.3, -0.25) is 49.3 Å². The van der Waals surface area contributed by atoms with Crippen molar-refractivity contribution >= 4 is 45.0 Å². The second-order valence-corrected chi connectivity index (χ2v) is 14.6. The van der Waals surface area contributed by atoms with E-state index in [1.807, 2.05) is 6.07 Å². The molecule has 0 saturated carbocycles. The van der Waals surface area contributed by atoms with E-state index in [0.29, 0.717) is 62.6 Å². The van der Waals surface area contributed by atoms with Crippen molar-refractivity contribution in [2.24, 2.45) is 0 Å². The number of rotatable bonds is 7. The molecule has 1 unspecified atom stereocenters. The van der Waals surface area contributed by atoms with Crippen LogP contribution in [0.15, 0.2) is 47.4 Å². The molecule has 0 radical (unpaired) electrons. The molecule has 248 valence electrons. The van der Waals surface area contributed by atoms with Gasteiger partial charge in [-0.25, -0.2) is 8.42 Å². The van der Waals surface area contributed by atoms with Crippen LogP contribution in [0.1, 0.15) is 46.4 Å². The number of carbonyl (C=O) groups is 4. The van der Waals surface area contributed by atoms with Crippen LogP contribution in [0.4, 0.5) is 11.4 Å². The van der Waals surface area contributed by atoms with E-state index < -0.39 is 44.6 Å². The van der Waals surface area contributed by atoms with E-state index in [9.17, 15) is 37.7 Å². The van der Waals surface area contributed by atoms with Gasteiger partial charge in [0, 0.05) is 83.0 Å². The number of piperazine rings is 1. The van der Waals surface area contributed by atoms with E-state index in [0.717, 1.165) is 30.8 Å². The Bertz CT molecular complexity index is 1750. The number of carbonyl (C=O) groups excluding carboxylic acids is 4. The summed E-state index contributed by atoms with van der Waals surface area (Å²) in [5.74, 6) is -2.04. The highest BCUT2D eigenvalue weighted by molar-refractivity contribution is 7.89.